The van der Waals surface area contributed by atoms with E-state index in [-0.39, 0.29) is 12.5 Å². The van der Waals surface area contributed by atoms with Gasteiger partial charge in [0.1, 0.15) is 12.4 Å². The van der Waals surface area contributed by atoms with E-state index in [2.05, 4.69) is 26.5 Å². The lowest BCUT2D eigenvalue weighted by Crippen LogP contribution is -2.42. The van der Waals surface area contributed by atoms with Crippen molar-refractivity contribution in [1.82, 2.24) is 5.43 Å². The minimum Gasteiger partial charge on any atom is -0.496 e. The zero-order valence-electron chi connectivity index (χ0n) is 15.0. The molecule has 6 nitrogen and oxygen atoms in total. The predicted octanol–water partition coefficient (Wildman–Crippen LogP) is 3.90. The topological polar surface area (TPSA) is 69.2 Å². The molecule has 0 aliphatic carbocycles. The molecular formula is C21H17BrN2O4. The van der Waals surface area contributed by atoms with Crippen LogP contribution < -0.4 is 19.6 Å². The molecule has 28 heavy (non-hydrogen) atoms. The van der Waals surface area contributed by atoms with Crippen molar-refractivity contribution >= 4 is 38.8 Å². The van der Waals surface area contributed by atoms with Crippen molar-refractivity contribution in [2.45, 2.75) is 6.10 Å². The standard InChI is InChI=1S/C21H17BrN2O4/c1-26-17-7-6-13(8-16(17)22)11-23-24-21(25)20-12-27-18-9-14-4-2-3-5-15(14)10-19(18)28-20/h2-11,20H,12H2,1H3,(H,24,25)/b23-11+/t20-/m1/s1. The van der Waals surface area contributed by atoms with E-state index in [0.29, 0.717) is 11.5 Å². The highest BCUT2D eigenvalue weighted by Crippen LogP contribution is 2.35. The molecule has 1 aliphatic rings. The van der Waals surface area contributed by atoms with E-state index in [0.717, 1.165) is 26.6 Å². The highest BCUT2D eigenvalue weighted by molar-refractivity contribution is 9.10. The van der Waals surface area contributed by atoms with Gasteiger partial charge in [0.25, 0.3) is 5.91 Å². The summed E-state index contributed by atoms with van der Waals surface area (Å²) in [5.74, 6) is 1.53. The largest absolute Gasteiger partial charge is 0.496 e. The number of fused-ring (bicyclic) bond motifs is 2. The predicted molar refractivity (Wildman–Crippen MR) is 110 cm³/mol. The van der Waals surface area contributed by atoms with Gasteiger partial charge < -0.3 is 14.2 Å². The maximum Gasteiger partial charge on any atom is 0.284 e. The molecule has 1 amide bonds. The van der Waals surface area contributed by atoms with Gasteiger partial charge in [-0.2, -0.15) is 5.10 Å². The van der Waals surface area contributed by atoms with Crippen molar-refractivity contribution in [2.75, 3.05) is 13.7 Å². The number of nitrogens with zero attached hydrogens (tertiary/aromatic N) is 1. The van der Waals surface area contributed by atoms with Crippen LogP contribution >= 0.6 is 15.9 Å². The third-order valence-electron chi connectivity index (χ3n) is 4.33. The number of hydrogen-bond acceptors (Lipinski definition) is 5. The fraction of sp³-hybridized carbons (Fsp3) is 0.143. The van der Waals surface area contributed by atoms with Gasteiger partial charge in [0.05, 0.1) is 17.8 Å². The van der Waals surface area contributed by atoms with Crippen molar-refractivity contribution in [3.63, 3.8) is 0 Å². The van der Waals surface area contributed by atoms with E-state index in [1.807, 2.05) is 54.6 Å². The van der Waals surface area contributed by atoms with Crippen molar-refractivity contribution in [3.05, 3.63) is 64.6 Å². The first-order valence-electron chi connectivity index (χ1n) is 8.63. The molecule has 0 fully saturated rings. The normalized spacial score (nSPS) is 15.6. The molecule has 7 heteroatoms. The van der Waals surface area contributed by atoms with Crippen molar-refractivity contribution in [2.24, 2.45) is 5.10 Å². The molecule has 1 atom stereocenters. The maximum absolute atomic E-state index is 12.4. The number of hydrazone groups is 1. The molecule has 0 spiro atoms. The zero-order valence-corrected chi connectivity index (χ0v) is 16.6. The lowest BCUT2D eigenvalue weighted by Gasteiger charge is -2.25. The molecule has 4 rings (SSSR count). The molecule has 0 unspecified atom stereocenters. The summed E-state index contributed by atoms with van der Waals surface area (Å²) in [7, 11) is 1.60. The Balaban J connectivity index is 1.42. The van der Waals surface area contributed by atoms with E-state index in [9.17, 15) is 4.79 Å². The lowest BCUT2D eigenvalue weighted by molar-refractivity contribution is -0.130. The molecule has 0 saturated heterocycles. The minimum atomic E-state index is -0.770. The average molecular weight is 441 g/mol. The van der Waals surface area contributed by atoms with Gasteiger partial charge in [-0.15, -0.1) is 0 Å². The van der Waals surface area contributed by atoms with Crippen molar-refractivity contribution in [1.29, 1.82) is 0 Å². The van der Waals surface area contributed by atoms with Crippen LogP contribution in [0.15, 0.2) is 64.2 Å². The second-order valence-corrected chi connectivity index (χ2v) is 7.05. The van der Waals surface area contributed by atoms with Crippen LogP contribution in [0, 0.1) is 0 Å². The third-order valence-corrected chi connectivity index (χ3v) is 4.95. The molecule has 0 radical (unpaired) electrons. The first kappa shape index (κ1) is 18.3. The Morgan fingerprint density at radius 1 is 1.18 bits per heavy atom. The number of nitrogens with one attached hydrogen (secondary N) is 1. The van der Waals surface area contributed by atoms with E-state index in [1.165, 1.54) is 0 Å². The molecule has 142 valence electrons. The highest BCUT2D eigenvalue weighted by Gasteiger charge is 2.27. The minimum absolute atomic E-state index is 0.126. The van der Waals surface area contributed by atoms with Gasteiger partial charge in [0, 0.05) is 0 Å². The number of halogens is 1. The molecule has 3 aromatic rings. The second-order valence-electron chi connectivity index (χ2n) is 6.19. The fourth-order valence-electron chi connectivity index (χ4n) is 2.89. The van der Waals surface area contributed by atoms with E-state index < -0.39 is 6.10 Å². The van der Waals surface area contributed by atoms with Crippen molar-refractivity contribution in [3.8, 4) is 17.2 Å². The van der Waals surface area contributed by atoms with Gasteiger partial charge >= 0.3 is 0 Å². The van der Waals surface area contributed by atoms with Crippen molar-refractivity contribution < 1.29 is 19.0 Å². The van der Waals surface area contributed by atoms with Crippen LogP contribution in [0.2, 0.25) is 0 Å². The molecule has 0 saturated carbocycles. The molecule has 1 aliphatic heterocycles. The number of carbonyl (C=O) groups excluding carboxylic acids is 1. The summed E-state index contributed by atoms with van der Waals surface area (Å²) in [5.41, 5.74) is 3.31. The van der Waals surface area contributed by atoms with Crippen LogP contribution in [0.1, 0.15) is 5.56 Å². The number of carbonyl (C=O) groups is 1. The van der Waals surface area contributed by atoms with Crippen LogP contribution in [-0.2, 0) is 4.79 Å². The SMILES string of the molecule is COc1ccc(/C=N/NC(=O)[C@H]2COc3cc4ccccc4cc3O2)cc1Br. The molecule has 3 aromatic carbocycles. The molecule has 1 heterocycles. The van der Waals surface area contributed by atoms with Crippen LogP contribution in [-0.4, -0.2) is 31.9 Å². The second kappa shape index (κ2) is 7.90. The summed E-state index contributed by atoms with van der Waals surface area (Å²) in [4.78, 5) is 12.4. The first-order chi connectivity index (χ1) is 13.6. The number of ether oxygens (including phenoxy) is 3. The van der Waals surface area contributed by atoms with Gasteiger partial charge in [-0.25, -0.2) is 5.43 Å². The van der Waals surface area contributed by atoms with Crippen LogP contribution in [0.4, 0.5) is 0 Å². The van der Waals surface area contributed by atoms with Crippen LogP contribution in [0.3, 0.4) is 0 Å². The monoisotopic (exact) mass is 440 g/mol. The number of amides is 1. The van der Waals surface area contributed by atoms with Gasteiger partial charge in [-0.3, -0.25) is 4.79 Å². The summed E-state index contributed by atoms with van der Waals surface area (Å²) >= 11 is 3.41. The lowest BCUT2D eigenvalue weighted by atomic mass is 10.1. The summed E-state index contributed by atoms with van der Waals surface area (Å²) in [6.07, 6.45) is 0.779. The van der Waals surface area contributed by atoms with E-state index in [4.69, 9.17) is 14.2 Å². The van der Waals surface area contributed by atoms with Gasteiger partial charge in [-0.1, -0.05) is 24.3 Å². The first-order valence-corrected chi connectivity index (χ1v) is 9.42. The Bertz CT molecular complexity index is 1070. The van der Waals surface area contributed by atoms with Crippen LogP contribution in [0.25, 0.3) is 10.8 Å². The van der Waals surface area contributed by atoms with Crippen LogP contribution in [0.5, 0.6) is 17.2 Å². The van der Waals surface area contributed by atoms with Gasteiger partial charge in [0.2, 0.25) is 6.10 Å². The average Bonchev–Trinajstić information content (AvgIpc) is 2.72. The van der Waals surface area contributed by atoms with E-state index in [1.54, 1.807) is 13.3 Å². The Morgan fingerprint density at radius 2 is 1.93 bits per heavy atom. The summed E-state index contributed by atoms with van der Waals surface area (Å²) < 4.78 is 17.5. The molecular weight excluding hydrogens is 424 g/mol. The van der Waals surface area contributed by atoms with Gasteiger partial charge in [0.15, 0.2) is 11.5 Å². The molecule has 0 aromatic heterocycles. The number of benzene rings is 3. The highest BCUT2D eigenvalue weighted by atomic mass is 79.9. The summed E-state index contributed by atoms with van der Waals surface area (Å²) in [6.45, 7) is 0.126. The number of rotatable bonds is 4. The van der Waals surface area contributed by atoms with Gasteiger partial charge in [-0.05, 0) is 62.6 Å². The quantitative estimate of drug-likeness (QED) is 0.493. The molecule has 0 bridgehead atoms. The fourth-order valence-corrected chi connectivity index (χ4v) is 3.45. The van der Waals surface area contributed by atoms with E-state index >= 15 is 0 Å². The summed E-state index contributed by atoms with van der Waals surface area (Å²) in [5, 5.41) is 6.08. The Hall–Kier alpha value is -3.06. The third kappa shape index (κ3) is 3.80. The molecule has 1 N–H and O–H groups in total. The number of methoxy groups -OCH3 is 1. The zero-order chi connectivity index (χ0) is 19.5. The smallest absolute Gasteiger partial charge is 0.284 e. The Labute approximate surface area is 170 Å². The Morgan fingerprint density at radius 3 is 2.64 bits per heavy atom. The Kier molecular flexibility index (Phi) is 5.16. The summed E-state index contributed by atoms with van der Waals surface area (Å²) in [6, 6.07) is 17.2. The maximum atomic E-state index is 12.4. The number of hydrogen-bond donors (Lipinski definition) is 1.